The Morgan fingerprint density at radius 1 is 1.35 bits per heavy atom. The molecule has 3 rings (SSSR count). The van der Waals surface area contributed by atoms with Crippen molar-refractivity contribution >= 4 is 43.6 Å². The van der Waals surface area contributed by atoms with E-state index in [0.717, 1.165) is 0 Å². The lowest BCUT2D eigenvalue weighted by Crippen LogP contribution is -1.99. The third-order valence-corrected chi connectivity index (χ3v) is 4.59. The number of nitrogens with zero attached hydrogens (tertiary/aromatic N) is 1. The first-order valence-corrected chi connectivity index (χ1v) is 8.45. The van der Waals surface area contributed by atoms with Gasteiger partial charge in [-0.05, 0) is 34.3 Å². The molecule has 2 aromatic heterocycles. The molecule has 0 fully saturated rings. The molecule has 0 radical (unpaired) electrons. The van der Waals surface area contributed by atoms with Crippen molar-refractivity contribution in [2.24, 2.45) is 0 Å². The van der Waals surface area contributed by atoms with E-state index in [1.807, 2.05) is 0 Å². The average molecular weight is 398 g/mol. The summed E-state index contributed by atoms with van der Waals surface area (Å²) in [5, 5.41) is 8.49. The number of pyridine rings is 1. The maximum atomic E-state index is 14.3. The van der Waals surface area contributed by atoms with Crippen LogP contribution in [0.2, 0.25) is 0 Å². The summed E-state index contributed by atoms with van der Waals surface area (Å²) in [6.45, 7) is 0. The molecular weight excluding hydrogens is 388 g/mol. The molecule has 0 aliphatic carbocycles. The second kappa shape index (κ2) is 6.29. The van der Waals surface area contributed by atoms with Crippen LogP contribution in [0.1, 0.15) is 5.69 Å². The highest BCUT2D eigenvalue weighted by Gasteiger charge is 2.21. The van der Waals surface area contributed by atoms with E-state index < -0.39 is 11.6 Å². The Kier molecular flexibility index (Phi) is 4.36. The Balaban J connectivity index is 2.07. The number of nitrogens with one attached hydrogen (secondary N) is 2. The molecule has 0 unspecified atom stereocenters. The van der Waals surface area contributed by atoms with Gasteiger partial charge in [0.15, 0.2) is 11.6 Å². The van der Waals surface area contributed by atoms with Crippen LogP contribution in [0.25, 0.3) is 10.9 Å². The van der Waals surface area contributed by atoms with Gasteiger partial charge >= 0.3 is 0 Å². The Morgan fingerprint density at radius 3 is 2.87 bits per heavy atom. The molecule has 118 valence electrons. The molecule has 0 aliphatic heterocycles. The highest BCUT2D eigenvalue weighted by Crippen LogP contribution is 2.39. The number of benzene rings is 1. The summed E-state index contributed by atoms with van der Waals surface area (Å²) < 4.78 is 34.2. The minimum Gasteiger partial charge on any atom is -0.453 e. The first-order valence-electron chi connectivity index (χ1n) is 6.43. The predicted molar refractivity (Wildman–Crippen MR) is 90.6 cm³/mol. The van der Waals surface area contributed by atoms with Crippen molar-refractivity contribution in [3.05, 3.63) is 52.4 Å². The minimum atomic E-state index is -1.09. The number of ether oxygens (including phenoxy) is 1. The zero-order valence-corrected chi connectivity index (χ0v) is 14.2. The smallest absolute Gasteiger partial charge is 0.204 e. The van der Waals surface area contributed by atoms with Gasteiger partial charge in [0.25, 0.3) is 0 Å². The molecule has 1 aromatic carbocycles. The molecule has 0 saturated carbocycles. The Morgan fingerprint density at radius 2 is 2.13 bits per heavy atom. The number of H-pyrrole nitrogens is 1. The van der Waals surface area contributed by atoms with E-state index in [9.17, 15) is 8.78 Å². The van der Waals surface area contributed by atoms with Gasteiger partial charge in [0.05, 0.1) is 15.7 Å². The highest BCUT2D eigenvalue weighted by molar-refractivity contribution is 9.10. The highest BCUT2D eigenvalue weighted by atomic mass is 79.9. The van der Waals surface area contributed by atoms with E-state index in [-0.39, 0.29) is 22.1 Å². The maximum absolute atomic E-state index is 14.3. The van der Waals surface area contributed by atoms with Crippen molar-refractivity contribution in [3.8, 4) is 11.5 Å². The first kappa shape index (κ1) is 15.9. The molecule has 3 aromatic rings. The van der Waals surface area contributed by atoms with Crippen molar-refractivity contribution in [3.63, 3.8) is 0 Å². The van der Waals surface area contributed by atoms with Crippen LogP contribution in [0.5, 0.6) is 11.5 Å². The van der Waals surface area contributed by atoms with Crippen molar-refractivity contribution in [1.82, 2.24) is 9.97 Å². The molecule has 2 heterocycles. The fourth-order valence-electron chi connectivity index (χ4n) is 2.07. The number of hydrogen-bond acceptors (Lipinski definition) is 4. The van der Waals surface area contributed by atoms with Gasteiger partial charge < -0.3 is 9.72 Å². The molecule has 0 spiro atoms. The zero-order valence-electron chi connectivity index (χ0n) is 11.8. The average Bonchev–Trinajstić information content (AvgIpc) is 3.06. The first-order chi connectivity index (χ1) is 11.0. The molecular formula is C15H10BrF2N3OS. The monoisotopic (exact) mass is 397 g/mol. The van der Waals surface area contributed by atoms with E-state index >= 15 is 0 Å². The Bertz CT molecular complexity index is 913. The van der Waals surface area contributed by atoms with Gasteiger partial charge in [0.1, 0.15) is 10.8 Å². The van der Waals surface area contributed by atoms with Gasteiger partial charge in [-0.25, -0.2) is 4.39 Å². The van der Waals surface area contributed by atoms with Gasteiger partial charge in [0.2, 0.25) is 5.82 Å². The fraction of sp³-hybridized carbons (Fsp3) is 0.0667. The fourth-order valence-corrected chi connectivity index (χ4v) is 2.98. The summed E-state index contributed by atoms with van der Waals surface area (Å²) in [5.41, 5.74) is 0.469. The van der Waals surface area contributed by atoms with E-state index in [4.69, 9.17) is 10.1 Å². The largest absolute Gasteiger partial charge is 0.453 e. The van der Waals surface area contributed by atoms with Crippen LogP contribution in [0, 0.1) is 17.0 Å². The lowest BCUT2D eigenvalue weighted by molar-refractivity contribution is 0.416. The van der Waals surface area contributed by atoms with Crippen molar-refractivity contribution in [2.75, 3.05) is 6.26 Å². The summed E-state index contributed by atoms with van der Waals surface area (Å²) >= 11 is 4.47. The van der Waals surface area contributed by atoms with Crippen LogP contribution in [0.15, 0.2) is 35.1 Å². The molecule has 23 heavy (non-hydrogen) atoms. The van der Waals surface area contributed by atoms with Crippen molar-refractivity contribution < 1.29 is 13.5 Å². The van der Waals surface area contributed by atoms with E-state index in [1.54, 1.807) is 12.3 Å². The molecule has 8 heteroatoms. The quantitative estimate of drug-likeness (QED) is 0.367. The van der Waals surface area contributed by atoms with Gasteiger partial charge in [-0.15, -0.1) is 11.8 Å². The maximum Gasteiger partial charge on any atom is 0.204 e. The molecule has 4 nitrogen and oxygen atoms in total. The normalized spacial score (nSPS) is 11.0. The zero-order chi connectivity index (χ0) is 16.6. The molecule has 0 bridgehead atoms. The Hall–Kier alpha value is -1.93. The molecule has 0 amide bonds. The van der Waals surface area contributed by atoms with Gasteiger partial charge in [-0.3, -0.25) is 10.4 Å². The lowest BCUT2D eigenvalue weighted by atomic mass is 10.2. The lowest BCUT2D eigenvalue weighted by Gasteiger charge is -2.11. The Labute approximate surface area is 142 Å². The van der Waals surface area contributed by atoms with Crippen LogP contribution in [0.4, 0.5) is 8.78 Å². The van der Waals surface area contributed by atoms with E-state index in [0.29, 0.717) is 15.6 Å². The minimum absolute atomic E-state index is 0.0707. The molecule has 0 saturated heterocycles. The summed E-state index contributed by atoms with van der Waals surface area (Å²) in [6.07, 6.45) is 4.72. The number of aromatic nitrogens is 2. The number of halogens is 3. The topological polar surface area (TPSA) is 61.8 Å². The second-order valence-electron chi connectivity index (χ2n) is 4.55. The van der Waals surface area contributed by atoms with Crippen LogP contribution < -0.4 is 4.74 Å². The van der Waals surface area contributed by atoms with Gasteiger partial charge in [-0.2, -0.15) is 4.39 Å². The molecule has 0 atom stereocenters. The summed E-state index contributed by atoms with van der Waals surface area (Å²) in [4.78, 5) is 6.70. The number of aromatic amines is 1. The van der Waals surface area contributed by atoms with Crippen molar-refractivity contribution in [1.29, 1.82) is 5.41 Å². The van der Waals surface area contributed by atoms with E-state index in [2.05, 4.69) is 25.9 Å². The SMILES string of the molecule is CSC(=N)c1cc(Oc2c(F)c(F)c3[nH]ccc3c2Br)ccn1. The number of thioether (sulfide) groups is 1. The van der Waals surface area contributed by atoms with Gasteiger partial charge in [-0.1, -0.05) is 0 Å². The van der Waals surface area contributed by atoms with Crippen LogP contribution in [-0.2, 0) is 0 Å². The number of fused-ring (bicyclic) bond motifs is 1. The predicted octanol–water partition coefficient (Wildman–Crippen LogP) is 5.08. The third-order valence-electron chi connectivity index (χ3n) is 3.18. The summed E-state index contributed by atoms with van der Waals surface area (Å²) in [6, 6.07) is 4.64. The standard InChI is InChI=1S/C15H10BrF2N3OS/c1-23-15(19)9-6-7(2-4-20-9)22-14-10(16)8-3-5-21-13(8)11(17)12(14)18/h2-6,19,21H,1H3. The second-order valence-corrected chi connectivity index (χ2v) is 6.16. The number of hydrogen-bond donors (Lipinski definition) is 2. The van der Waals surface area contributed by atoms with Crippen LogP contribution >= 0.6 is 27.7 Å². The third kappa shape index (κ3) is 2.84. The van der Waals surface area contributed by atoms with Crippen molar-refractivity contribution in [2.45, 2.75) is 0 Å². The van der Waals surface area contributed by atoms with E-state index in [1.165, 1.54) is 36.3 Å². The summed E-state index contributed by atoms with van der Waals surface area (Å²) in [7, 11) is 0. The van der Waals surface area contributed by atoms with Crippen LogP contribution in [0.3, 0.4) is 0 Å². The molecule has 2 N–H and O–H groups in total. The molecule has 0 aliphatic rings. The van der Waals surface area contributed by atoms with Crippen LogP contribution in [-0.4, -0.2) is 21.3 Å². The number of rotatable bonds is 3. The van der Waals surface area contributed by atoms with Gasteiger partial charge in [0, 0.05) is 23.8 Å². The summed E-state index contributed by atoms with van der Waals surface area (Å²) in [5.74, 6) is -2.08.